The Hall–Kier alpha value is -2.82. The van der Waals surface area contributed by atoms with Gasteiger partial charge in [-0.15, -0.1) is 0 Å². The van der Waals surface area contributed by atoms with Crippen LogP contribution in [0.15, 0.2) is 36.4 Å². The second-order valence-electron chi connectivity index (χ2n) is 6.60. The van der Waals surface area contributed by atoms with Crippen molar-refractivity contribution in [3.8, 4) is 11.5 Å². The van der Waals surface area contributed by atoms with Crippen molar-refractivity contribution in [3.05, 3.63) is 58.7 Å². The minimum Gasteiger partial charge on any atom is -0.497 e. The monoisotopic (exact) mass is 368 g/mol. The maximum atomic E-state index is 12.4. The van der Waals surface area contributed by atoms with Crippen LogP contribution in [0, 0.1) is 0 Å². The number of benzene rings is 2. The quantitative estimate of drug-likeness (QED) is 0.522. The molecule has 27 heavy (non-hydrogen) atoms. The zero-order chi connectivity index (χ0) is 19.2. The highest BCUT2D eigenvalue weighted by Crippen LogP contribution is 2.25. The Balaban J connectivity index is 1.52. The molecule has 0 fully saturated rings. The lowest BCUT2D eigenvalue weighted by atomic mass is 10.0. The molecule has 0 atom stereocenters. The fourth-order valence-corrected chi connectivity index (χ4v) is 3.33. The average molecular weight is 368 g/mol. The number of ether oxygens (including phenoxy) is 3. The fourth-order valence-electron chi connectivity index (χ4n) is 3.33. The molecule has 0 spiro atoms. The Kier molecular flexibility index (Phi) is 6.12. The van der Waals surface area contributed by atoms with Gasteiger partial charge in [-0.2, -0.15) is 0 Å². The lowest BCUT2D eigenvalue weighted by molar-refractivity contribution is -0.144. The first kappa shape index (κ1) is 19.0. The van der Waals surface area contributed by atoms with Crippen LogP contribution in [0.25, 0.3) is 0 Å². The van der Waals surface area contributed by atoms with Gasteiger partial charge in [0.05, 0.1) is 20.6 Å². The van der Waals surface area contributed by atoms with Gasteiger partial charge in [-0.1, -0.05) is 12.1 Å². The van der Waals surface area contributed by atoms with Gasteiger partial charge in [-0.05, 0) is 54.7 Å². The van der Waals surface area contributed by atoms with Gasteiger partial charge in [0, 0.05) is 17.5 Å². The zero-order valence-corrected chi connectivity index (χ0v) is 15.7. The van der Waals surface area contributed by atoms with E-state index in [9.17, 15) is 9.59 Å². The number of carbonyl (C=O) groups excluding carboxylic acids is 2. The van der Waals surface area contributed by atoms with E-state index in [4.69, 9.17) is 14.2 Å². The Morgan fingerprint density at radius 3 is 2.52 bits per heavy atom. The summed E-state index contributed by atoms with van der Waals surface area (Å²) >= 11 is 0. The summed E-state index contributed by atoms with van der Waals surface area (Å²) in [5, 5.41) is 0. The molecule has 5 nitrogen and oxygen atoms in total. The van der Waals surface area contributed by atoms with E-state index in [0.29, 0.717) is 17.1 Å². The zero-order valence-electron chi connectivity index (χ0n) is 15.7. The third kappa shape index (κ3) is 4.67. The summed E-state index contributed by atoms with van der Waals surface area (Å²) < 4.78 is 15.8. The molecule has 3 rings (SSSR count). The van der Waals surface area contributed by atoms with E-state index in [1.165, 1.54) is 11.1 Å². The van der Waals surface area contributed by atoms with E-state index in [2.05, 4.69) is 0 Å². The van der Waals surface area contributed by atoms with Crippen LogP contribution < -0.4 is 9.47 Å². The Labute approximate surface area is 159 Å². The van der Waals surface area contributed by atoms with Crippen LogP contribution in [0.2, 0.25) is 0 Å². The normalized spacial score (nSPS) is 12.4. The predicted octanol–water partition coefficient (Wildman–Crippen LogP) is 3.90. The van der Waals surface area contributed by atoms with Crippen molar-refractivity contribution in [1.82, 2.24) is 0 Å². The van der Waals surface area contributed by atoms with Gasteiger partial charge in [-0.25, -0.2) is 0 Å². The molecule has 0 saturated heterocycles. The number of Topliss-reactive ketones (excluding diaryl/α,β-unsaturated/α-hetero) is 1. The van der Waals surface area contributed by atoms with Crippen LogP contribution in [0.1, 0.15) is 46.3 Å². The van der Waals surface area contributed by atoms with Crippen LogP contribution >= 0.6 is 0 Å². The van der Waals surface area contributed by atoms with Crippen LogP contribution in [0.3, 0.4) is 0 Å². The standard InChI is InChI=1S/C22H24O5/c1-25-19-8-10-21(26-2)18(13-19)14-27-22(24)11-9-20(23)17-7-6-15-4-3-5-16(15)12-17/h6-8,10,12-13H,3-5,9,11,14H2,1-2H3. The number of esters is 1. The lowest BCUT2D eigenvalue weighted by Crippen LogP contribution is -2.09. The molecule has 5 heteroatoms. The summed E-state index contributed by atoms with van der Waals surface area (Å²) in [5.74, 6) is 0.849. The van der Waals surface area contributed by atoms with Crippen LogP contribution in [0.4, 0.5) is 0 Å². The maximum absolute atomic E-state index is 12.4. The van der Waals surface area contributed by atoms with E-state index < -0.39 is 5.97 Å². The summed E-state index contributed by atoms with van der Waals surface area (Å²) in [4.78, 5) is 24.4. The van der Waals surface area contributed by atoms with Gasteiger partial charge in [0.25, 0.3) is 0 Å². The summed E-state index contributed by atoms with van der Waals surface area (Å²) in [6, 6.07) is 11.2. The Morgan fingerprint density at radius 1 is 0.926 bits per heavy atom. The Bertz CT molecular complexity index is 841. The van der Waals surface area contributed by atoms with Gasteiger partial charge in [0.2, 0.25) is 0 Å². The molecule has 0 heterocycles. The smallest absolute Gasteiger partial charge is 0.306 e. The number of methoxy groups -OCH3 is 2. The average Bonchev–Trinajstić information content (AvgIpc) is 3.17. The van der Waals surface area contributed by atoms with E-state index >= 15 is 0 Å². The number of carbonyl (C=O) groups is 2. The highest BCUT2D eigenvalue weighted by molar-refractivity contribution is 5.97. The molecule has 0 unspecified atom stereocenters. The molecule has 2 aromatic carbocycles. The van der Waals surface area contributed by atoms with E-state index in [1.807, 2.05) is 18.2 Å². The van der Waals surface area contributed by atoms with Gasteiger partial charge in [0.15, 0.2) is 5.78 Å². The fraction of sp³-hybridized carbons (Fsp3) is 0.364. The van der Waals surface area contributed by atoms with Crippen molar-refractivity contribution < 1.29 is 23.8 Å². The minimum atomic E-state index is -0.408. The minimum absolute atomic E-state index is 0.0272. The number of aryl methyl sites for hydroxylation is 2. The molecule has 0 aromatic heterocycles. The first-order valence-electron chi connectivity index (χ1n) is 9.12. The predicted molar refractivity (Wildman–Crippen MR) is 101 cm³/mol. The number of hydrogen-bond donors (Lipinski definition) is 0. The molecule has 1 aliphatic rings. The number of hydrogen-bond acceptors (Lipinski definition) is 5. The maximum Gasteiger partial charge on any atom is 0.306 e. The summed E-state index contributed by atoms with van der Waals surface area (Å²) in [6.07, 6.45) is 3.47. The number of rotatable bonds is 8. The third-order valence-electron chi connectivity index (χ3n) is 4.85. The molecule has 0 N–H and O–H groups in total. The molecule has 0 saturated carbocycles. The Morgan fingerprint density at radius 2 is 1.74 bits per heavy atom. The van der Waals surface area contributed by atoms with Gasteiger partial charge in [-0.3, -0.25) is 9.59 Å². The highest BCUT2D eigenvalue weighted by Gasteiger charge is 2.16. The van der Waals surface area contributed by atoms with Crippen molar-refractivity contribution in [2.24, 2.45) is 0 Å². The van der Waals surface area contributed by atoms with Crippen LogP contribution in [-0.4, -0.2) is 26.0 Å². The number of ketones is 1. The summed E-state index contributed by atoms with van der Waals surface area (Å²) in [5.41, 5.74) is 3.99. The molecule has 0 bridgehead atoms. The first-order chi connectivity index (χ1) is 13.1. The number of fused-ring (bicyclic) bond motifs is 1. The van der Waals surface area contributed by atoms with Crippen molar-refractivity contribution in [2.75, 3.05) is 14.2 Å². The third-order valence-corrected chi connectivity index (χ3v) is 4.85. The van der Waals surface area contributed by atoms with E-state index in [1.54, 1.807) is 32.4 Å². The highest BCUT2D eigenvalue weighted by atomic mass is 16.5. The second kappa shape index (κ2) is 8.71. The molecular formula is C22H24O5. The van der Waals surface area contributed by atoms with Crippen LogP contribution in [-0.2, 0) is 29.0 Å². The van der Waals surface area contributed by atoms with Crippen molar-refractivity contribution in [2.45, 2.75) is 38.7 Å². The van der Waals surface area contributed by atoms with Crippen molar-refractivity contribution in [1.29, 1.82) is 0 Å². The second-order valence-corrected chi connectivity index (χ2v) is 6.60. The molecule has 142 valence electrons. The molecule has 0 radical (unpaired) electrons. The summed E-state index contributed by atoms with van der Waals surface area (Å²) in [6.45, 7) is 0.0756. The summed E-state index contributed by atoms with van der Waals surface area (Å²) in [7, 11) is 3.13. The van der Waals surface area contributed by atoms with E-state index in [0.717, 1.165) is 24.8 Å². The SMILES string of the molecule is COc1ccc(OC)c(COC(=O)CCC(=O)c2ccc3c(c2)CCC3)c1. The topological polar surface area (TPSA) is 61.8 Å². The largest absolute Gasteiger partial charge is 0.497 e. The molecule has 0 amide bonds. The molecule has 1 aliphatic carbocycles. The van der Waals surface area contributed by atoms with E-state index in [-0.39, 0.29) is 25.2 Å². The van der Waals surface area contributed by atoms with Crippen molar-refractivity contribution in [3.63, 3.8) is 0 Å². The van der Waals surface area contributed by atoms with Gasteiger partial charge in [0.1, 0.15) is 18.1 Å². The van der Waals surface area contributed by atoms with Crippen LogP contribution in [0.5, 0.6) is 11.5 Å². The van der Waals surface area contributed by atoms with Gasteiger partial charge < -0.3 is 14.2 Å². The first-order valence-corrected chi connectivity index (χ1v) is 9.12. The van der Waals surface area contributed by atoms with Crippen molar-refractivity contribution >= 4 is 11.8 Å². The lowest BCUT2D eigenvalue weighted by Gasteiger charge is -2.11. The van der Waals surface area contributed by atoms with Gasteiger partial charge >= 0.3 is 5.97 Å². The molecule has 0 aliphatic heterocycles. The molecular weight excluding hydrogens is 344 g/mol. The molecule has 2 aromatic rings.